The van der Waals surface area contributed by atoms with Crippen molar-refractivity contribution in [1.29, 1.82) is 0 Å². The van der Waals surface area contributed by atoms with E-state index in [0.717, 1.165) is 11.4 Å². The Labute approximate surface area is 393 Å². The summed E-state index contributed by atoms with van der Waals surface area (Å²) in [6.45, 7) is 13.5. The van der Waals surface area contributed by atoms with Gasteiger partial charge in [0.05, 0.1) is 27.5 Å². The Kier molecular flexibility index (Phi) is 12.1. The molecule has 0 fully saturated rings. The van der Waals surface area contributed by atoms with Gasteiger partial charge in [0.2, 0.25) is 0 Å². The second-order valence-electron chi connectivity index (χ2n) is 17.6. The Bertz CT molecular complexity index is 3010. The lowest BCUT2D eigenvalue weighted by molar-refractivity contribution is 1.32. The van der Waals surface area contributed by atoms with Crippen molar-refractivity contribution in [2.75, 3.05) is 10.2 Å². The van der Waals surface area contributed by atoms with Gasteiger partial charge in [0, 0.05) is 43.5 Å². The monoisotopic (exact) mass is 888 g/mol. The van der Waals surface area contributed by atoms with Crippen LogP contribution in [0.5, 0.6) is 0 Å². The lowest BCUT2D eigenvalue weighted by Gasteiger charge is -2.31. The maximum atomic E-state index is 4.45. The van der Waals surface area contributed by atoms with Gasteiger partial charge in [-0.2, -0.15) is 0 Å². The minimum absolute atomic E-state index is 1.09. The number of nitrogens with one attached hydrogen (secondary N) is 2. The van der Waals surface area contributed by atoms with Crippen LogP contribution in [0.2, 0.25) is 0 Å². The van der Waals surface area contributed by atoms with Crippen LogP contribution in [0.4, 0.5) is 11.4 Å². The van der Waals surface area contributed by atoms with Gasteiger partial charge in [-0.3, -0.25) is 0 Å². The maximum Gasteiger partial charge on any atom is 0.0544 e. The molecule has 10 rings (SSSR count). The van der Waals surface area contributed by atoms with Crippen molar-refractivity contribution in [2.45, 2.75) is 41.5 Å². The van der Waals surface area contributed by atoms with E-state index in [1.807, 2.05) is 0 Å². The number of rotatable bonds is 11. The van der Waals surface area contributed by atoms with Crippen molar-refractivity contribution in [2.24, 2.45) is 0 Å². The summed E-state index contributed by atoms with van der Waals surface area (Å²) in [5.41, 5.74) is 17.2. The van der Waals surface area contributed by atoms with Gasteiger partial charge in [-0.15, -0.1) is 0 Å². The summed E-state index contributed by atoms with van der Waals surface area (Å²) in [5, 5.41) is 18.8. The van der Waals surface area contributed by atoms with Crippen LogP contribution >= 0.6 is 16.1 Å². The molecule has 0 spiro atoms. The SMILES string of the molecule is Cc1cc(C)c(-c2cc3ccccc3c(-c3c(NP(c4ccccc4)c4ccccc4)c(-c4c(C)cc(C)cc4C)cc4ccccc34)c2NP(c2ccccc2)c2ccccc2)c(C)c1. The van der Waals surface area contributed by atoms with E-state index in [-0.39, 0.29) is 0 Å². The van der Waals surface area contributed by atoms with E-state index < -0.39 is 16.1 Å². The quantitative estimate of drug-likeness (QED) is 0.126. The summed E-state index contributed by atoms with van der Waals surface area (Å²) in [5.74, 6) is 0. The van der Waals surface area contributed by atoms with Gasteiger partial charge in [-0.05, 0) is 109 Å². The van der Waals surface area contributed by atoms with Gasteiger partial charge in [0.15, 0.2) is 0 Å². The fourth-order valence-corrected chi connectivity index (χ4v) is 14.0. The number of hydrogen-bond acceptors (Lipinski definition) is 2. The zero-order valence-electron chi connectivity index (χ0n) is 38.5. The van der Waals surface area contributed by atoms with Crippen LogP contribution in [0.25, 0.3) is 54.9 Å². The van der Waals surface area contributed by atoms with Crippen LogP contribution in [0.15, 0.2) is 206 Å². The Morgan fingerprint density at radius 2 is 0.561 bits per heavy atom. The van der Waals surface area contributed by atoms with Gasteiger partial charge in [0.1, 0.15) is 0 Å². The lowest BCUT2D eigenvalue weighted by atomic mass is 9.83. The third-order valence-electron chi connectivity index (χ3n) is 12.7. The van der Waals surface area contributed by atoms with Crippen molar-refractivity contribution in [1.82, 2.24) is 0 Å². The molecule has 66 heavy (non-hydrogen) atoms. The summed E-state index contributed by atoms with van der Waals surface area (Å²) in [4.78, 5) is 0. The molecule has 322 valence electrons. The minimum Gasteiger partial charge on any atom is -0.356 e. The first-order valence-corrected chi connectivity index (χ1v) is 25.5. The van der Waals surface area contributed by atoms with Crippen molar-refractivity contribution in [3.63, 3.8) is 0 Å². The van der Waals surface area contributed by atoms with Crippen molar-refractivity contribution in [3.05, 3.63) is 240 Å². The van der Waals surface area contributed by atoms with Crippen LogP contribution in [-0.4, -0.2) is 0 Å². The molecule has 0 unspecified atom stereocenters. The van der Waals surface area contributed by atoms with E-state index in [4.69, 9.17) is 0 Å². The van der Waals surface area contributed by atoms with Crippen molar-refractivity contribution >= 4 is 70.3 Å². The molecule has 0 saturated heterocycles. The molecule has 0 aliphatic heterocycles. The summed E-state index contributed by atoms with van der Waals surface area (Å²) in [6.07, 6.45) is 0. The highest BCUT2D eigenvalue weighted by atomic mass is 31.1. The number of hydrogen-bond donors (Lipinski definition) is 2. The average molecular weight is 889 g/mol. The predicted octanol–water partition coefficient (Wildman–Crippen LogP) is 15.8. The summed E-state index contributed by atoms with van der Waals surface area (Å²) in [6, 6.07) is 76.5. The Morgan fingerprint density at radius 3 is 0.864 bits per heavy atom. The molecule has 0 heterocycles. The topological polar surface area (TPSA) is 24.1 Å². The Hall–Kier alpha value is -6.82. The standard InChI is InChI=1S/C62H54N2P2/c1-41-35-43(3)57(44(4)36-41)55-39-47-23-19-21-33-53(47)59(61(55)63-65(49-25-11-7-12-26-49)50-27-13-8-14-28-50)60-54-34-22-20-24-48(54)40-56(58-45(5)37-42(2)38-46(58)6)62(60)64-66(51-29-15-9-16-30-51)52-31-17-10-18-32-52/h7-40,63-64H,1-6H3. The van der Waals surface area contributed by atoms with Crippen LogP contribution in [0.3, 0.4) is 0 Å². The molecular weight excluding hydrogens is 835 g/mol. The molecule has 0 amide bonds. The first kappa shape index (κ1) is 43.1. The second kappa shape index (κ2) is 18.6. The maximum absolute atomic E-state index is 4.45. The van der Waals surface area contributed by atoms with E-state index in [1.54, 1.807) is 0 Å². The molecule has 10 aromatic rings. The molecule has 0 saturated carbocycles. The summed E-state index contributed by atoms with van der Waals surface area (Å²) < 4.78 is 0. The third kappa shape index (κ3) is 8.33. The zero-order valence-corrected chi connectivity index (χ0v) is 40.3. The molecule has 10 aromatic carbocycles. The predicted molar refractivity (Wildman–Crippen MR) is 292 cm³/mol. The summed E-state index contributed by atoms with van der Waals surface area (Å²) in [7, 11) is -2.19. The van der Waals surface area contributed by atoms with Gasteiger partial charge in [-0.1, -0.05) is 205 Å². The highest BCUT2D eigenvalue weighted by molar-refractivity contribution is 7.74. The molecule has 2 nitrogen and oxygen atoms in total. The third-order valence-corrected chi connectivity index (χ3v) is 16.9. The minimum atomic E-state index is -1.09. The fraction of sp³-hybridized carbons (Fsp3) is 0.0968. The molecule has 0 aliphatic rings. The van der Waals surface area contributed by atoms with Crippen LogP contribution in [-0.2, 0) is 0 Å². The molecule has 0 aromatic heterocycles. The van der Waals surface area contributed by atoms with E-state index >= 15 is 0 Å². The van der Waals surface area contributed by atoms with E-state index in [1.165, 1.54) is 110 Å². The lowest BCUT2D eigenvalue weighted by Crippen LogP contribution is -2.19. The number of fused-ring (bicyclic) bond motifs is 2. The van der Waals surface area contributed by atoms with Crippen LogP contribution in [0.1, 0.15) is 33.4 Å². The van der Waals surface area contributed by atoms with Crippen LogP contribution in [0, 0.1) is 41.5 Å². The fourth-order valence-electron chi connectivity index (χ4n) is 10.1. The van der Waals surface area contributed by atoms with E-state index in [9.17, 15) is 0 Å². The molecule has 0 aliphatic carbocycles. The van der Waals surface area contributed by atoms with E-state index in [0.29, 0.717) is 0 Å². The van der Waals surface area contributed by atoms with Gasteiger partial charge in [-0.25, -0.2) is 0 Å². The van der Waals surface area contributed by atoms with Crippen molar-refractivity contribution < 1.29 is 0 Å². The molecule has 0 radical (unpaired) electrons. The Morgan fingerprint density at radius 1 is 0.288 bits per heavy atom. The number of benzene rings is 10. The van der Waals surface area contributed by atoms with Gasteiger partial charge >= 0.3 is 0 Å². The first-order valence-electron chi connectivity index (χ1n) is 22.9. The van der Waals surface area contributed by atoms with E-state index in [2.05, 4.69) is 258 Å². The number of aryl methyl sites for hydroxylation is 6. The highest BCUT2D eigenvalue weighted by Gasteiger charge is 2.29. The second-order valence-corrected chi connectivity index (χ2v) is 21.4. The number of anilines is 2. The molecule has 0 atom stereocenters. The molecular formula is C62H54N2P2. The average Bonchev–Trinajstić information content (AvgIpc) is 3.33. The smallest absolute Gasteiger partial charge is 0.0544 e. The van der Waals surface area contributed by atoms with Gasteiger partial charge in [0.25, 0.3) is 0 Å². The van der Waals surface area contributed by atoms with Crippen LogP contribution < -0.4 is 31.4 Å². The summed E-state index contributed by atoms with van der Waals surface area (Å²) >= 11 is 0. The molecule has 0 bridgehead atoms. The van der Waals surface area contributed by atoms with Crippen molar-refractivity contribution in [3.8, 4) is 33.4 Å². The molecule has 2 N–H and O–H groups in total. The largest absolute Gasteiger partial charge is 0.356 e. The molecule has 4 heteroatoms. The zero-order chi connectivity index (χ0) is 45.3. The Balaban J connectivity index is 1.41. The normalized spacial score (nSPS) is 11.5. The highest BCUT2D eigenvalue weighted by Crippen LogP contribution is 2.55. The first-order chi connectivity index (χ1) is 32.2. The van der Waals surface area contributed by atoms with Gasteiger partial charge < -0.3 is 10.2 Å².